The second kappa shape index (κ2) is 5.01. The quantitative estimate of drug-likeness (QED) is 0.762. The molecular weight excluding hydrogens is 282 g/mol. The lowest BCUT2D eigenvalue weighted by atomic mass is 10.1. The fraction of sp³-hybridized carbons (Fsp3) is 0.538. The van der Waals surface area contributed by atoms with Crippen LogP contribution in [0.3, 0.4) is 0 Å². The van der Waals surface area contributed by atoms with Gasteiger partial charge in [-0.15, -0.1) is 0 Å². The number of rotatable bonds is 2. The zero-order valence-corrected chi connectivity index (χ0v) is 12.3. The predicted octanol–water partition coefficient (Wildman–Crippen LogP) is 3.91. The number of alkyl halides is 1. The molecule has 0 unspecified atom stereocenters. The van der Waals surface area contributed by atoms with E-state index in [0.717, 1.165) is 11.9 Å². The Kier molecular flexibility index (Phi) is 3.85. The number of nitrogens with zero attached hydrogens (tertiary/aromatic N) is 1. The molecule has 0 N–H and O–H groups in total. The Hall–Kier alpha value is -0.150. The molecule has 0 aliphatic carbocycles. The maximum Gasteiger partial charge on any atom is 0.0367 e. The van der Waals surface area contributed by atoms with E-state index in [1.54, 1.807) is 0 Å². The maximum atomic E-state index is 3.48. The Labute approximate surface area is 111 Å². The number of hydrogen-bond donors (Lipinski definition) is 0. The fourth-order valence-corrected chi connectivity index (χ4v) is 3.52. The van der Waals surface area contributed by atoms with Crippen molar-refractivity contribution in [3.8, 4) is 0 Å². The van der Waals surface area contributed by atoms with E-state index in [1.165, 1.54) is 23.5 Å². The first kappa shape index (κ1) is 12.3. The van der Waals surface area contributed by atoms with Crippen LogP contribution in [0.1, 0.15) is 19.4 Å². The van der Waals surface area contributed by atoms with Crippen molar-refractivity contribution < 1.29 is 0 Å². The highest BCUT2D eigenvalue weighted by Gasteiger charge is 2.26. The van der Waals surface area contributed by atoms with Gasteiger partial charge in [-0.05, 0) is 31.5 Å². The van der Waals surface area contributed by atoms with E-state index in [9.17, 15) is 0 Å². The van der Waals surface area contributed by atoms with Crippen molar-refractivity contribution in [1.82, 2.24) is 0 Å². The summed E-state index contributed by atoms with van der Waals surface area (Å²) in [5, 5.41) is 0.939. The van der Waals surface area contributed by atoms with Gasteiger partial charge in [0.2, 0.25) is 0 Å². The SMILES string of the molecule is CC1(C)CN(c2ccc(CBr)cc2)CCS1. The molecule has 1 aliphatic rings. The zero-order chi connectivity index (χ0) is 11.6. The van der Waals surface area contributed by atoms with E-state index in [1.807, 2.05) is 0 Å². The molecule has 1 fully saturated rings. The van der Waals surface area contributed by atoms with Gasteiger partial charge in [-0.3, -0.25) is 0 Å². The van der Waals surface area contributed by atoms with Gasteiger partial charge in [0.05, 0.1) is 0 Å². The molecule has 0 atom stereocenters. The Morgan fingerprint density at radius 1 is 1.31 bits per heavy atom. The molecule has 0 bridgehead atoms. The summed E-state index contributed by atoms with van der Waals surface area (Å²) in [6.45, 7) is 6.97. The lowest BCUT2D eigenvalue weighted by molar-refractivity contribution is 0.648. The first-order chi connectivity index (χ1) is 7.61. The van der Waals surface area contributed by atoms with Crippen molar-refractivity contribution in [2.24, 2.45) is 0 Å². The van der Waals surface area contributed by atoms with Crippen LogP contribution in [0.25, 0.3) is 0 Å². The van der Waals surface area contributed by atoms with Gasteiger partial charge in [-0.2, -0.15) is 11.8 Å². The van der Waals surface area contributed by atoms with Crippen molar-refractivity contribution >= 4 is 33.4 Å². The molecule has 1 heterocycles. The van der Waals surface area contributed by atoms with Gasteiger partial charge in [0.15, 0.2) is 0 Å². The van der Waals surface area contributed by atoms with Gasteiger partial charge >= 0.3 is 0 Å². The van der Waals surface area contributed by atoms with E-state index in [4.69, 9.17) is 0 Å². The molecule has 0 saturated carbocycles. The van der Waals surface area contributed by atoms with Gasteiger partial charge in [-0.1, -0.05) is 28.1 Å². The number of anilines is 1. The molecule has 88 valence electrons. The second-order valence-electron chi connectivity index (χ2n) is 4.83. The smallest absolute Gasteiger partial charge is 0.0367 e. The van der Waals surface area contributed by atoms with Crippen molar-refractivity contribution in [2.45, 2.75) is 23.9 Å². The molecular formula is C13H18BrNS. The summed E-state index contributed by atoms with van der Waals surface area (Å²) in [7, 11) is 0. The summed E-state index contributed by atoms with van der Waals surface area (Å²) < 4.78 is 0.381. The minimum Gasteiger partial charge on any atom is -0.369 e. The van der Waals surface area contributed by atoms with Crippen LogP contribution < -0.4 is 4.90 Å². The molecule has 16 heavy (non-hydrogen) atoms. The third-order valence-corrected chi connectivity index (χ3v) is 4.83. The zero-order valence-electron chi connectivity index (χ0n) is 9.87. The van der Waals surface area contributed by atoms with E-state index in [0.29, 0.717) is 4.75 Å². The summed E-state index contributed by atoms with van der Waals surface area (Å²) in [6.07, 6.45) is 0. The van der Waals surface area contributed by atoms with Gasteiger partial charge in [0.1, 0.15) is 0 Å². The van der Waals surface area contributed by atoms with E-state index < -0.39 is 0 Å². The third-order valence-electron chi connectivity index (χ3n) is 2.88. The molecule has 0 aromatic heterocycles. The first-order valence-corrected chi connectivity index (χ1v) is 7.75. The summed E-state index contributed by atoms with van der Waals surface area (Å²) in [4.78, 5) is 2.49. The minimum atomic E-state index is 0.381. The molecule has 1 aromatic carbocycles. The average molecular weight is 300 g/mol. The van der Waals surface area contributed by atoms with Crippen LogP contribution in [-0.4, -0.2) is 23.6 Å². The highest BCUT2D eigenvalue weighted by molar-refractivity contribution is 9.08. The molecule has 1 aromatic rings. The van der Waals surface area contributed by atoms with Crippen molar-refractivity contribution in [3.63, 3.8) is 0 Å². The summed E-state index contributed by atoms with van der Waals surface area (Å²) in [6, 6.07) is 8.89. The van der Waals surface area contributed by atoms with Gasteiger partial charge in [0, 0.05) is 34.6 Å². The van der Waals surface area contributed by atoms with E-state index in [2.05, 4.69) is 70.7 Å². The monoisotopic (exact) mass is 299 g/mol. The number of thioether (sulfide) groups is 1. The van der Waals surface area contributed by atoms with Crippen LogP contribution in [0.2, 0.25) is 0 Å². The second-order valence-corrected chi connectivity index (χ2v) is 7.19. The van der Waals surface area contributed by atoms with Crippen molar-refractivity contribution in [3.05, 3.63) is 29.8 Å². The van der Waals surface area contributed by atoms with Crippen molar-refractivity contribution in [1.29, 1.82) is 0 Å². The molecule has 2 rings (SSSR count). The predicted molar refractivity (Wildman–Crippen MR) is 77.8 cm³/mol. The molecule has 0 spiro atoms. The van der Waals surface area contributed by atoms with Gasteiger partial charge < -0.3 is 4.90 Å². The van der Waals surface area contributed by atoms with Crippen LogP contribution >= 0.6 is 27.7 Å². The van der Waals surface area contributed by atoms with Crippen LogP contribution in [0.15, 0.2) is 24.3 Å². The number of halogens is 1. The summed E-state index contributed by atoms with van der Waals surface area (Å²) in [5.74, 6) is 1.23. The Morgan fingerprint density at radius 2 is 2.00 bits per heavy atom. The number of benzene rings is 1. The van der Waals surface area contributed by atoms with Gasteiger partial charge in [-0.25, -0.2) is 0 Å². The average Bonchev–Trinajstić information content (AvgIpc) is 2.28. The maximum absolute atomic E-state index is 3.48. The standard InChI is InChI=1S/C13H18BrNS/c1-13(2)10-15(7-8-16-13)12-5-3-11(9-14)4-6-12/h3-6H,7-10H2,1-2H3. The molecule has 0 amide bonds. The normalized spacial score (nSPS) is 19.8. The molecule has 3 heteroatoms. The Balaban J connectivity index is 2.11. The first-order valence-electron chi connectivity index (χ1n) is 5.64. The summed E-state index contributed by atoms with van der Waals surface area (Å²) in [5.41, 5.74) is 2.70. The lowest BCUT2D eigenvalue weighted by Gasteiger charge is -2.39. The lowest BCUT2D eigenvalue weighted by Crippen LogP contribution is -2.43. The Morgan fingerprint density at radius 3 is 2.56 bits per heavy atom. The minimum absolute atomic E-state index is 0.381. The molecule has 1 saturated heterocycles. The van der Waals surface area contributed by atoms with Crippen LogP contribution in [-0.2, 0) is 5.33 Å². The Bertz CT molecular complexity index is 347. The van der Waals surface area contributed by atoms with Crippen LogP contribution in [0.4, 0.5) is 5.69 Å². The van der Waals surface area contributed by atoms with E-state index in [-0.39, 0.29) is 0 Å². The topological polar surface area (TPSA) is 3.24 Å². The molecule has 1 nitrogen and oxygen atoms in total. The van der Waals surface area contributed by atoms with Gasteiger partial charge in [0.25, 0.3) is 0 Å². The number of hydrogen-bond acceptors (Lipinski definition) is 2. The molecule has 0 radical (unpaired) electrons. The van der Waals surface area contributed by atoms with Crippen LogP contribution in [0.5, 0.6) is 0 Å². The molecule has 1 aliphatic heterocycles. The van der Waals surface area contributed by atoms with E-state index >= 15 is 0 Å². The largest absolute Gasteiger partial charge is 0.369 e. The third kappa shape index (κ3) is 2.95. The highest BCUT2D eigenvalue weighted by Crippen LogP contribution is 2.32. The highest BCUT2D eigenvalue weighted by atomic mass is 79.9. The van der Waals surface area contributed by atoms with Crippen LogP contribution in [0, 0.1) is 0 Å². The fourth-order valence-electron chi connectivity index (χ4n) is 2.03. The van der Waals surface area contributed by atoms with Crippen molar-refractivity contribution in [2.75, 3.05) is 23.7 Å². The summed E-state index contributed by atoms with van der Waals surface area (Å²) >= 11 is 5.56.